The summed E-state index contributed by atoms with van der Waals surface area (Å²) in [4.78, 5) is 25.9. The Morgan fingerprint density at radius 2 is 1.91 bits per heavy atom. The Hall–Kier alpha value is -3.89. The van der Waals surface area contributed by atoms with Gasteiger partial charge in [-0.1, -0.05) is 0 Å². The average molecular weight is 490 g/mol. The molecule has 0 bridgehead atoms. The van der Waals surface area contributed by atoms with Gasteiger partial charge in [-0.05, 0) is 67.1 Å². The Labute approximate surface area is 197 Å². The number of methoxy groups -OCH3 is 1. The van der Waals surface area contributed by atoms with Gasteiger partial charge in [-0.15, -0.1) is 0 Å². The third-order valence-corrected chi connectivity index (χ3v) is 5.73. The molecule has 0 unspecified atom stereocenters. The molecule has 1 fully saturated rings. The minimum absolute atomic E-state index is 0.0502. The number of nitrogens with zero attached hydrogens (tertiary/aromatic N) is 2. The molecule has 1 aromatic heterocycles. The van der Waals surface area contributed by atoms with Crippen LogP contribution in [0.25, 0.3) is 5.69 Å². The molecule has 2 aromatic carbocycles. The molecule has 0 spiro atoms. The number of anilines is 1. The van der Waals surface area contributed by atoms with Crippen molar-refractivity contribution in [3.63, 3.8) is 0 Å². The Balaban J connectivity index is 1.70. The van der Waals surface area contributed by atoms with E-state index in [0.29, 0.717) is 5.56 Å². The second-order valence-corrected chi connectivity index (χ2v) is 8.37. The highest BCUT2D eigenvalue weighted by Crippen LogP contribution is 2.41. The summed E-state index contributed by atoms with van der Waals surface area (Å²) in [6, 6.07) is 7.26. The van der Waals surface area contributed by atoms with Crippen LogP contribution in [0.4, 0.5) is 23.2 Å². The van der Waals surface area contributed by atoms with Gasteiger partial charge in [0, 0.05) is 17.8 Å². The van der Waals surface area contributed by atoms with E-state index in [1.807, 2.05) is 0 Å². The van der Waals surface area contributed by atoms with E-state index < -0.39 is 35.1 Å². The number of ether oxygens (including phenoxy) is 1. The average Bonchev–Trinajstić information content (AvgIpc) is 3.63. The lowest BCUT2D eigenvalue weighted by atomic mass is 10.0. The number of carbonyl (C=O) groups is 1. The summed E-state index contributed by atoms with van der Waals surface area (Å²) in [5, 5.41) is 6.77. The minimum atomic E-state index is -4.60. The van der Waals surface area contributed by atoms with Crippen LogP contribution in [0.5, 0.6) is 5.75 Å². The van der Waals surface area contributed by atoms with E-state index in [2.05, 4.69) is 10.4 Å². The fraction of sp³-hybridized carbons (Fsp3) is 0.292. The van der Waals surface area contributed by atoms with Crippen molar-refractivity contribution in [1.29, 1.82) is 0 Å². The summed E-state index contributed by atoms with van der Waals surface area (Å²) in [5.74, 6) is -1.30. The summed E-state index contributed by atoms with van der Waals surface area (Å²) >= 11 is 0. The van der Waals surface area contributed by atoms with E-state index in [-0.39, 0.29) is 34.3 Å². The van der Waals surface area contributed by atoms with Crippen LogP contribution < -0.4 is 21.3 Å². The first-order valence-corrected chi connectivity index (χ1v) is 10.7. The zero-order chi connectivity index (χ0) is 25.5. The van der Waals surface area contributed by atoms with Gasteiger partial charge in [0.2, 0.25) is 0 Å². The Morgan fingerprint density at radius 1 is 1.20 bits per heavy atom. The van der Waals surface area contributed by atoms with Crippen molar-refractivity contribution in [2.75, 3.05) is 12.8 Å². The maximum Gasteiger partial charge on any atom is 0.416 e. The number of halogens is 4. The topological polar surface area (TPSA) is 99.2 Å². The van der Waals surface area contributed by atoms with E-state index in [1.165, 1.54) is 38.3 Å². The van der Waals surface area contributed by atoms with Gasteiger partial charge in [0.1, 0.15) is 11.4 Å². The van der Waals surface area contributed by atoms with E-state index in [0.717, 1.165) is 35.7 Å². The molecule has 0 aliphatic heterocycles. The Kier molecular flexibility index (Phi) is 6.27. The van der Waals surface area contributed by atoms with Gasteiger partial charge in [0.25, 0.3) is 11.5 Å². The molecule has 1 aliphatic carbocycles. The molecule has 7 nitrogen and oxygen atoms in total. The second-order valence-electron chi connectivity index (χ2n) is 8.37. The van der Waals surface area contributed by atoms with Crippen molar-refractivity contribution < 1.29 is 27.1 Å². The lowest BCUT2D eigenvalue weighted by molar-refractivity contribution is -0.137. The normalized spacial score (nSPS) is 14.5. The largest absolute Gasteiger partial charge is 0.497 e. The summed E-state index contributed by atoms with van der Waals surface area (Å²) in [6.07, 6.45) is -3.10. The third-order valence-electron chi connectivity index (χ3n) is 5.73. The van der Waals surface area contributed by atoms with Gasteiger partial charge in [0.15, 0.2) is 11.5 Å². The van der Waals surface area contributed by atoms with Crippen LogP contribution in [0.2, 0.25) is 0 Å². The van der Waals surface area contributed by atoms with Crippen LogP contribution >= 0.6 is 0 Å². The number of rotatable bonds is 6. The molecule has 0 radical (unpaired) electrons. The van der Waals surface area contributed by atoms with Crippen LogP contribution in [0.3, 0.4) is 0 Å². The predicted molar refractivity (Wildman–Crippen MR) is 120 cm³/mol. The summed E-state index contributed by atoms with van der Waals surface area (Å²) in [5.41, 5.74) is 4.26. The molecule has 35 heavy (non-hydrogen) atoms. The van der Waals surface area contributed by atoms with Crippen LogP contribution in [0, 0.1) is 5.82 Å². The molecule has 0 saturated heterocycles. The number of nitrogen functional groups attached to an aromatic ring is 1. The maximum absolute atomic E-state index is 14.6. The molecule has 1 aliphatic rings. The fourth-order valence-electron chi connectivity index (χ4n) is 3.75. The number of aromatic nitrogens is 2. The zero-order valence-corrected chi connectivity index (χ0v) is 18.8. The number of amides is 1. The monoisotopic (exact) mass is 490 g/mol. The Morgan fingerprint density at radius 3 is 2.51 bits per heavy atom. The molecule has 1 amide bonds. The summed E-state index contributed by atoms with van der Waals surface area (Å²) in [6.45, 7) is 1.50. The quantitative estimate of drug-likeness (QED) is 0.396. The number of nitrogens with one attached hydrogen (secondary N) is 1. The lowest BCUT2D eigenvalue weighted by Crippen LogP contribution is -2.32. The van der Waals surface area contributed by atoms with Crippen molar-refractivity contribution in [3.05, 3.63) is 81.0 Å². The van der Waals surface area contributed by atoms with Gasteiger partial charge >= 0.3 is 6.18 Å². The molecule has 4 rings (SSSR count). The molecule has 184 valence electrons. The van der Waals surface area contributed by atoms with E-state index in [9.17, 15) is 27.2 Å². The predicted octanol–water partition coefficient (Wildman–Crippen LogP) is 4.35. The molecule has 3 aromatic rings. The number of carbonyl (C=O) groups excluding carboxylic acids is 1. The fourth-order valence-corrected chi connectivity index (χ4v) is 3.75. The summed E-state index contributed by atoms with van der Waals surface area (Å²) < 4.78 is 59.9. The maximum atomic E-state index is 14.6. The van der Waals surface area contributed by atoms with Crippen molar-refractivity contribution in [1.82, 2.24) is 15.1 Å². The Bertz CT molecular complexity index is 1350. The third kappa shape index (κ3) is 5.13. The van der Waals surface area contributed by atoms with E-state index in [4.69, 9.17) is 10.5 Å². The first-order valence-electron chi connectivity index (χ1n) is 10.7. The highest BCUT2D eigenvalue weighted by Gasteiger charge is 2.33. The zero-order valence-electron chi connectivity index (χ0n) is 18.8. The number of benzene rings is 2. The minimum Gasteiger partial charge on any atom is -0.497 e. The smallest absolute Gasteiger partial charge is 0.416 e. The first kappa shape index (κ1) is 24.2. The first-order chi connectivity index (χ1) is 16.5. The molecular weight excluding hydrogens is 468 g/mol. The number of hydrogen-bond donors (Lipinski definition) is 2. The summed E-state index contributed by atoms with van der Waals surface area (Å²) in [7, 11) is 1.37. The van der Waals surface area contributed by atoms with Gasteiger partial charge in [-0.2, -0.15) is 23.0 Å². The molecule has 1 atom stereocenters. The second kappa shape index (κ2) is 9.05. The molecular formula is C24H22F4N4O3. The molecule has 3 N–H and O–H groups in total. The van der Waals surface area contributed by atoms with Gasteiger partial charge < -0.3 is 15.8 Å². The van der Waals surface area contributed by atoms with Crippen molar-refractivity contribution in [2.24, 2.45) is 0 Å². The number of hydrogen-bond acceptors (Lipinski definition) is 5. The van der Waals surface area contributed by atoms with Crippen molar-refractivity contribution in [2.45, 2.75) is 37.9 Å². The van der Waals surface area contributed by atoms with Crippen molar-refractivity contribution >= 4 is 11.6 Å². The molecule has 1 heterocycles. The van der Waals surface area contributed by atoms with Crippen LogP contribution in [0.15, 0.2) is 47.3 Å². The number of nitrogens with two attached hydrogens (primary N) is 1. The molecule has 11 heteroatoms. The number of alkyl halides is 3. The van der Waals surface area contributed by atoms with Gasteiger partial charge in [-0.3, -0.25) is 9.59 Å². The van der Waals surface area contributed by atoms with Crippen LogP contribution in [-0.2, 0) is 6.18 Å². The lowest BCUT2D eigenvalue weighted by Gasteiger charge is -2.18. The van der Waals surface area contributed by atoms with E-state index in [1.54, 1.807) is 0 Å². The van der Waals surface area contributed by atoms with Gasteiger partial charge in [-0.25, -0.2) is 4.39 Å². The SMILES string of the molecule is COc1ccc(-n2nc(C(=O)N[C@H](C)c3cc(N)cc(C(F)(F)F)c3)c(C3CC3)cc2=O)c(F)c1. The van der Waals surface area contributed by atoms with Crippen LogP contribution in [0.1, 0.15) is 58.9 Å². The van der Waals surface area contributed by atoms with Gasteiger partial charge in [0.05, 0.1) is 18.7 Å². The van der Waals surface area contributed by atoms with Crippen molar-refractivity contribution in [3.8, 4) is 11.4 Å². The van der Waals surface area contributed by atoms with E-state index >= 15 is 0 Å². The van der Waals surface area contributed by atoms with Crippen LogP contribution in [-0.4, -0.2) is 22.8 Å². The molecule has 1 saturated carbocycles. The highest BCUT2D eigenvalue weighted by atomic mass is 19.4. The highest BCUT2D eigenvalue weighted by molar-refractivity contribution is 5.94. The standard InChI is InChI=1S/C24H22F4N4O3/c1-12(14-7-15(24(26,27)28)9-16(29)8-14)30-23(34)22-18(13-3-4-13)11-21(33)32(31-22)20-6-5-17(35-2)10-19(20)25/h5-13H,3-4,29H2,1-2H3,(H,30,34)/t12-/m1/s1.